The van der Waals surface area contributed by atoms with Gasteiger partial charge in [-0.05, 0) is 82.8 Å². The molecule has 1 saturated carbocycles. The highest BCUT2D eigenvalue weighted by Gasteiger charge is 2.39. The highest BCUT2D eigenvalue weighted by atomic mass is 16.5. The number of nitrogens with one attached hydrogen (secondary N) is 3. The highest BCUT2D eigenvalue weighted by molar-refractivity contribution is 5.99. The Balaban J connectivity index is 1.55. The minimum Gasteiger partial charge on any atom is -0.456 e. The Morgan fingerprint density at radius 3 is 2.59 bits per heavy atom. The van der Waals surface area contributed by atoms with E-state index in [0.29, 0.717) is 17.5 Å². The maximum atomic E-state index is 13.2. The van der Waals surface area contributed by atoms with Gasteiger partial charge in [0, 0.05) is 35.3 Å². The van der Waals surface area contributed by atoms with Crippen molar-refractivity contribution in [2.75, 3.05) is 18.0 Å². The van der Waals surface area contributed by atoms with Crippen LogP contribution in [0.4, 0.5) is 5.69 Å². The minimum atomic E-state index is 0.152. The molecule has 0 aromatic heterocycles. The van der Waals surface area contributed by atoms with Gasteiger partial charge in [0.2, 0.25) is 5.91 Å². The molecule has 2 aromatic rings. The first-order valence-electron chi connectivity index (χ1n) is 12.4. The number of anilines is 1. The predicted molar refractivity (Wildman–Crippen MR) is 133 cm³/mol. The van der Waals surface area contributed by atoms with E-state index in [0.717, 1.165) is 74.2 Å². The lowest BCUT2D eigenvalue weighted by molar-refractivity contribution is -0.120. The van der Waals surface area contributed by atoms with Crippen molar-refractivity contribution in [1.29, 1.82) is 5.53 Å². The number of rotatable bonds is 7. The monoisotopic (exact) mass is 459 g/mol. The average molecular weight is 460 g/mol. The summed E-state index contributed by atoms with van der Waals surface area (Å²) in [5.41, 5.74) is 11.2. The molecule has 1 saturated heterocycles. The van der Waals surface area contributed by atoms with E-state index in [1.807, 2.05) is 53.6 Å². The largest absolute Gasteiger partial charge is 0.456 e. The molecule has 0 bridgehead atoms. The van der Waals surface area contributed by atoms with Crippen LogP contribution < -0.4 is 20.3 Å². The first kappa shape index (κ1) is 22.6. The zero-order valence-corrected chi connectivity index (χ0v) is 19.7. The summed E-state index contributed by atoms with van der Waals surface area (Å²) in [5, 5.41) is 10.7. The van der Waals surface area contributed by atoms with Crippen molar-refractivity contribution in [3.63, 3.8) is 0 Å². The van der Waals surface area contributed by atoms with Crippen LogP contribution in [0.3, 0.4) is 0 Å². The third-order valence-corrected chi connectivity index (χ3v) is 7.07. The van der Waals surface area contributed by atoms with E-state index in [2.05, 4.69) is 22.7 Å². The first-order valence-corrected chi connectivity index (χ1v) is 12.4. The van der Waals surface area contributed by atoms with E-state index in [-0.39, 0.29) is 17.9 Å². The van der Waals surface area contributed by atoms with Crippen molar-refractivity contribution in [3.8, 4) is 11.5 Å². The molecule has 7 heteroatoms. The quantitative estimate of drug-likeness (QED) is 0.495. The summed E-state index contributed by atoms with van der Waals surface area (Å²) >= 11 is 0. The van der Waals surface area contributed by atoms with Gasteiger partial charge in [0.15, 0.2) is 0 Å². The van der Waals surface area contributed by atoms with E-state index in [1.165, 1.54) is 0 Å². The molecular formula is C27H33N5O2. The Morgan fingerprint density at radius 1 is 1.12 bits per heavy atom. The fourth-order valence-electron chi connectivity index (χ4n) is 4.95. The van der Waals surface area contributed by atoms with Gasteiger partial charge in [0.05, 0.1) is 5.69 Å². The third kappa shape index (κ3) is 4.71. The molecule has 3 aliphatic rings. The number of carbonyl (C=O) groups excluding carboxylic acids is 1. The second-order valence-electron chi connectivity index (χ2n) is 9.56. The Bertz CT molecular complexity index is 1070. The molecule has 1 atom stereocenters. The van der Waals surface area contributed by atoms with Crippen LogP contribution in [0, 0.1) is 11.4 Å². The van der Waals surface area contributed by atoms with Crippen molar-refractivity contribution in [2.45, 2.75) is 57.5 Å². The Hall–Kier alpha value is -3.19. The fourth-order valence-corrected chi connectivity index (χ4v) is 4.95. The second kappa shape index (κ2) is 9.97. The molecule has 2 aliphatic heterocycles. The van der Waals surface area contributed by atoms with Crippen LogP contribution in [0.1, 0.15) is 50.2 Å². The second-order valence-corrected chi connectivity index (χ2v) is 9.56. The van der Waals surface area contributed by atoms with Crippen LogP contribution in [0.2, 0.25) is 0 Å². The smallest absolute Gasteiger partial charge is 0.230 e. The lowest BCUT2D eigenvalue weighted by Crippen LogP contribution is -2.43. The van der Waals surface area contributed by atoms with Gasteiger partial charge in [0.1, 0.15) is 17.2 Å². The fraction of sp³-hybridized carbons (Fsp3) is 0.444. The Morgan fingerprint density at radius 2 is 1.88 bits per heavy atom. The number of benzene rings is 2. The van der Waals surface area contributed by atoms with E-state index in [9.17, 15) is 4.79 Å². The zero-order chi connectivity index (χ0) is 23.5. The number of fused-ring (bicyclic) bond motifs is 1. The van der Waals surface area contributed by atoms with E-state index < -0.39 is 0 Å². The summed E-state index contributed by atoms with van der Waals surface area (Å²) in [4.78, 5) is 15.1. The molecule has 5 rings (SSSR count). The molecule has 1 unspecified atom stereocenters. The lowest BCUT2D eigenvalue weighted by Gasteiger charge is -2.36. The summed E-state index contributed by atoms with van der Waals surface area (Å²) < 4.78 is 6.46. The molecule has 7 nitrogen and oxygen atoms in total. The Labute approximate surface area is 201 Å². The number of carbonyl (C=O) groups is 1. The van der Waals surface area contributed by atoms with Crippen LogP contribution in [0.15, 0.2) is 53.8 Å². The van der Waals surface area contributed by atoms with Crippen molar-refractivity contribution in [2.24, 2.45) is 11.0 Å². The average Bonchev–Trinajstić information content (AvgIpc) is 3.72. The van der Waals surface area contributed by atoms with Gasteiger partial charge in [-0.1, -0.05) is 18.2 Å². The van der Waals surface area contributed by atoms with Crippen molar-refractivity contribution in [3.05, 3.63) is 59.8 Å². The molecule has 1 amide bonds. The van der Waals surface area contributed by atoms with Gasteiger partial charge in [-0.15, -0.1) is 0 Å². The molecule has 34 heavy (non-hydrogen) atoms. The number of piperidine rings is 1. The van der Waals surface area contributed by atoms with Crippen LogP contribution in [-0.2, 0) is 11.2 Å². The first-order chi connectivity index (χ1) is 16.7. The molecule has 0 radical (unpaired) electrons. The number of para-hydroxylation sites is 1. The van der Waals surface area contributed by atoms with E-state index in [1.54, 1.807) is 0 Å². The maximum Gasteiger partial charge on any atom is 0.230 e. The number of hydrogen-bond donors (Lipinski definition) is 3. The molecular weight excluding hydrogens is 426 g/mol. The summed E-state index contributed by atoms with van der Waals surface area (Å²) in [6.45, 7) is 4.11. The van der Waals surface area contributed by atoms with Crippen LogP contribution in [-0.4, -0.2) is 31.1 Å². The standard InChI is InChI=1S/C27H33N5O2/c1-18-7-10-23-25(32(18)27(33)19-8-9-19)12-11-22(26(23)34-21-5-3-2-4-6-21)24(31-28)17-30-20-13-15-29-16-14-20/h2-6,11-12,17-20,28-30H,7-10,13-16H2,1H3/b24-17-,31-28?. The highest BCUT2D eigenvalue weighted by Crippen LogP contribution is 2.45. The van der Waals surface area contributed by atoms with Gasteiger partial charge in [-0.3, -0.25) is 4.79 Å². The summed E-state index contributed by atoms with van der Waals surface area (Å²) in [5.74, 6) is 1.80. The lowest BCUT2D eigenvalue weighted by atomic mass is 9.92. The molecule has 2 fully saturated rings. The van der Waals surface area contributed by atoms with Crippen molar-refractivity contribution < 1.29 is 9.53 Å². The number of hydrogen-bond acceptors (Lipinski definition) is 6. The SMILES string of the molecule is CC1CCc2c(ccc(/C(=C/NC3CCNCC3)N=N)c2Oc2ccccc2)N1C(=O)C1CC1. The number of ether oxygens (including phenoxy) is 1. The van der Waals surface area contributed by atoms with Gasteiger partial charge in [0.25, 0.3) is 0 Å². The zero-order valence-electron chi connectivity index (χ0n) is 19.7. The molecule has 2 heterocycles. The van der Waals surface area contributed by atoms with E-state index in [4.69, 9.17) is 10.3 Å². The van der Waals surface area contributed by atoms with Gasteiger partial charge >= 0.3 is 0 Å². The van der Waals surface area contributed by atoms with Gasteiger partial charge in [-0.2, -0.15) is 5.11 Å². The number of nitrogens with zero attached hydrogens (tertiary/aromatic N) is 2. The molecule has 2 aromatic carbocycles. The van der Waals surface area contributed by atoms with E-state index >= 15 is 0 Å². The molecule has 3 N–H and O–H groups in total. The predicted octanol–water partition coefficient (Wildman–Crippen LogP) is 5.23. The van der Waals surface area contributed by atoms with Crippen LogP contribution in [0.25, 0.3) is 5.70 Å². The summed E-state index contributed by atoms with van der Waals surface area (Å²) in [7, 11) is 0. The number of amides is 1. The summed E-state index contributed by atoms with van der Waals surface area (Å²) in [6.07, 6.45) is 7.58. The normalized spacial score (nSPS) is 21.0. The van der Waals surface area contributed by atoms with Gasteiger partial charge < -0.3 is 20.3 Å². The maximum absolute atomic E-state index is 13.2. The van der Waals surface area contributed by atoms with Crippen molar-refractivity contribution in [1.82, 2.24) is 10.6 Å². The minimum absolute atomic E-state index is 0.152. The van der Waals surface area contributed by atoms with Crippen LogP contribution in [0.5, 0.6) is 11.5 Å². The van der Waals surface area contributed by atoms with Gasteiger partial charge in [-0.25, -0.2) is 5.53 Å². The topological polar surface area (TPSA) is 89.8 Å². The molecule has 178 valence electrons. The van der Waals surface area contributed by atoms with Crippen molar-refractivity contribution >= 4 is 17.3 Å². The third-order valence-electron chi connectivity index (χ3n) is 7.07. The molecule has 0 spiro atoms. The Kier molecular flexibility index (Phi) is 6.63. The summed E-state index contributed by atoms with van der Waals surface area (Å²) in [6, 6.07) is 14.2. The molecule has 1 aliphatic carbocycles. The van der Waals surface area contributed by atoms with Crippen LogP contribution >= 0.6 is 0 Å².